The number of fused-ring (bicyclic) bond motifs is 1. The van der Waals surface area contributed by atoms with Crippen LogP contribution in [0.4, 0.5) is 0 Å². The van der Waals surface area contributed by atoms with E-state index in [0.29, 0.717) is 11.3 Å². The Hall–Kier alpha value is -2.45. The standard InChI is InChI=1S/C20H22N2O4S2/c1-4-22-17-10-7-15(26-3)13-18(17)27-20(22)21-19(23)11-12-28(24,25)16-8-5-14(2)6-9-16/h5-10,13H,4,11-12H2,1-3H3. The van der Waals surface area contributed by atoms with Crippen molar-refractivity contribution in [2.75, 3.05) is 12.9 Å². The minimum absolute atomic E-state index is 0.155. The SMILES string of the molecule is CCn1c(=NC(=O)CCS(=O)(=O)c2ccc(C)cc2)sc2cc(OC)ccc21. The van der Waals surface area contributed by atoms with Gasteiger partial charge in [-0.2, -0.15) is 4.99 Å². The molecule has 3 aromatic rings. The molecular weight excluding hydrogens is 396 g/mol. The number of carbonyl (C=O) groups excluding carboxylic acids is 1. The summed E-state index contributed by atoms with van der Waals surface area (Å²) in [4.78, 5) is 17.3. The van der Waals surface area contributed by atoms with E-state index in [2.05, 4.69) is 4.99 Å². The Balaban J connectivity index is 1.83. The second kappa shape index (κ2) is 8.28. The van der Waals surface area contributed by atoms with Crippen LogP contribution in [0.2, 0.25) is 0 Å². The van der Waals surface area contributed by atoms with Crippen LogP contribution in [0.15, 0.2) is 52.4 Å². The molecule has 0 fully saturated rings. The maximum atomic E-state index is 12.4. The lowest BCUT2D eigenvalue weighted by atomic mass is 10.2. The van der Waals surface area contributed by atoms with Crippen LogP contribution >= 0.6 is 11.3 Å². The summed E-state index contributed by atoms with van der Waals surface area (Å²) in [6.07, 6.45) is -0.155. The first-order valence-corrected chi connectivity index (χ1v) is 11.4. The summed E-state index contributed by atoms with van der Waals surface area (Å²) in [6.45, 7) is 4.52. The van der Waals surface area contributed by atoms with Crippen molar-refractivity contribution in [3.05, 3.63) is 52.8 Å². The van der Waals surface area contributed by atoms with E-state index in [9.17, 15) is 13.2 Å². The van der Waals surface area contributed by atoms with Crippen molar-refractivity contribution in [2.45, 2.75) is 31.7 Å². The molecule has 6 nitrogen and oxygen atoms in total. The van der Waals surface area contributed by atoms with Gasteiger partial charge >= 0.3 is 0 Å². The minimum atomic E-state index is -3.51. The molecule has 0 unspecified atom stereocenters. The van der Waals surface area contributed by atoms with Gasteiger partial charge in [-0.3, -0.25) is 4.79 Å². The largest absolute Gasteiger partial charge is 0.497 e. The Morgan fingerprint density at radius 1 is 1.18 bits per heavy atom. The van der Waals surface area contributed by atoms with E-state index in [1.807, 2.05) is 36.6 Å². The number of rotatable bonds is 6. The number of aromatic nitrogens is 1. The third-order valence-electron chi connectivity index (χ3n) is 4.39. The molecule has 0 spiro atoms. The van der Waals surface area contributed by atoms with E-state index in [1.54, 1.807) is 31.4 Å². The first-order valence-electron chi connectivity index (χ1n) is 8.88. The average molecular weight is 419 g/mol. The normalized spacial score (nSPS) is 12.5. The predicted octanol–water partition coefficient (Wildman–Crippen LogP) is 3.33. The molecule has 3 rings (SSSR count). The zero-order valence-electron chi connectivity index (χ0n) is 16.0. The van der Waals surface area contributed by atoms with Gasteiger partial charge in [0.25, 0.3) is 0 Å². The Morgan fingerprint density at radius 2 is 1.89 bits per heavy atom. The van der Waals surface area contributed by atoms with Crippen molar-refractivity contribution in [3.63, 3.8) is 0 Å². The molecule has 8 heteroatoms. The Morgan fingerprint density at radius 3 is 2.54 bits per heavy atom. The van der Waals surface area contributed by atoms with Crippen molar-refractivity contribution >= 4 is 37.3 Å². The Kier molecular flexibility index (Phi) is 6.00. The third-order valence-corrected chi connectivity index (χ3v) is 7.16. The van der Waals surface area contributed by atoms with Crippen molar-refractivity contribution in [1.82, 2.24) is 4.57 Å². The Labute approximate surface area is 168 Å². The maximum absolute atomic E-state index is 12.4. The summed E-state index contributed by atoms with van der Waals surface area (Å²) < 4.78 is 33.0. The highest BCUT2D eigenvalue weighted by molar-refractivity contribution is 7.91. The zero-order valence-corrected chi connectivity index (χ0v) is 17.6. The summed E-state index contributed by atoms with van der Waals surface area (Å²) in [5, 5.41) is 0. The van der Waals surface area contributed by atoms with Crippen molar-refractivity contribution in [2.24, 2.45) is 4.99 Å². The van der Waals surface area contributed by atoms with E-state index in [0.717, 1.165) is 21.5 Å². The van der Waals surface area contributed by atoms with Gasteiger partial charge in [-0.1, -0.05) is 29.0 Å². The summed E-state index contributed by atoms with van der Waals surface area (Å²) in [7, 11) is -1.91. The molecule has 2 aromatic carbocycles. The molecule has 0 bridgehead atoms. The fourth-order valence-corrected chi connectivity index (χ4v) is 5.19. The van der Waals surface area contributed by atoms with Crippen LogP contribution in [0.3, 0.4) is 0 Å². The van der Waals surface area contributed by atoms with E-state index >= 15 is 0 Å². The molecule has 0 aliphatic rings. The summed E-state index contributed by atoms with van der Waals surface area (Å²) in [5.74, 6) is 0.0268. The van der Waals surface area contributed by atoms with Crippen LogP contribution in [0.1, 0.15) is 18.9 Å². The predicted molar refractivity (Wildman–Crippen MR) is 110 cm³/mol. The number of sulfone groups is 1. The molecule has 1 aromatic heterocycles. The number of amides is 1. The fraction of sp³-hybridized carbons (Fsp3) is 0.300. The molecular formula is C20H22N2O4S2. The molecule has 0 aliphatic heterocycles. The second-order valence-electron chi connectivity index (χ2n) is 6.35. The molecule has 148 valence electrons. The van der Waals surface area contributed by atoms with Gasteiger partial charge in [-0.25, -0.2) is 8.42 Å². The lowest BCUT2D eigenvalue weighted by Gasteiger charge is -2.03. The first-order chi connectivity index (χ1) is 13.3. The number of methoxy groups -OCH3 is 1. The highest BCUT2D eigenvalue weighted by Crippen LogP contribution is 2.23. The monoisotopic (exact) mass is 418 g/mol. The van der Waals surface area contributed by atoms with Gasteiger partial charge in [-0.05, 0) is 44.2 Å². The fourth-order valence-electron chi connectivity index (χ4n) is 2.82. The second-order valence-corrected chi connectivity index (χ2v) is 9.47. The molecule has 0 radical (unpaired) electrons. The molecule has 0 N–H and O–H groups in total. The number of hydrogen-bond donors (Lipinski definition) is 0. The van der Waals surface area contributed by atoms with Crippen molar-refractivity contribution in [1.29, 1.82) is 0 Å². The molecule has 28 heavy (non-hydrogen) atoms. The molecule has 1 amide bonds. The number of carbonyl (C=O) groups is 1. The minimum Gasteiger partial charge on any atom is -0.497 e. The number of hydrogen-bond acceptors (Lipinski definition) is 5. The third kappa shape index (κ3) is 4.34. The van der Waals surface area contributed by atoms with Crippen molar-refractivity contribution in [3.8, 4) is 5.75 Å². The topological polar surface area (TPSA) is 77.7 Å². The van der Waals surface area contributed by atoms with Gasteiger partial charge in [0.1, 0.15) is 5.75 Å². The van der Waals surface area contributed by atoms with Crippen LogP contribution in [0, 0.1) is 6.92 Å². The van der Waals surface area contributed by atoms with Gasteiger partial charge in [0.05, 0.1) is 28.0 Å². The number of ether oxygens (including phenoxy) is 1. The number of benzene rings is 2. The highest BCUT2D eigenvalue weighted by atomic mass is 32.2. The van der Waals surface area contributed by atoms with E-state index in [1.165, 1.54) is 11.3 Å². The van der Waals surface area contributed by atoms with E-state index in [4.69, 9.17) is 4.74 Å². The summed E-state index contributed by atoms with van der Waals surface area (Å²) in [6, 6.07) is 12.3. The molecule has 0 saturated carbocycles. The van der Waals surface area contributed by atoms with Crippen molar-refractivity contribution < 1.29 is 17.9 Å². The number of aryl methyl sites for hydroxylation is 2. The lowest BCUT2D eigenvalue weighted by molar-refractivity contribution is -0.117. The Bertz CT molecular complexity index is 1170. The van der Waals surface area contributed by atoms with Gasteiger partial charge in [0.2, 0.25) is 5.91 Å². The van der Waals surface area contributed by atoms with Crippen LogP contribution < -0.4 is 9.54 Å². The highest BCUT2D eigenvalue weighted by Gasteiger charge is 2.16. The number of thiazole rings is 1. The maximum Gasteiger partial charge on any atom is 0.249 e. The van der Waals surface area contributed by atoms with Gasteiger partial charge in [0.15, 0.2) is 14.6 Å². The molecule has 0 saturated heterocycles. The summed E-state index contributed by atoms with van der Waals surface area (Å²) in [5.41, 5.74) is 1.95. The number of nitrogens with zero attached hydrogens (tertiary/aromatic N) is 2. The molecule has 0 atom stereocenters. The molecule has 0 aliphatic carbocycles. The zero-order chi connectivity index (χ0) is 20.3. The smallest absolute Gasteiger partial charge is 0.249 e. The van der Waals surface area contributed by atoms with Crippen LogP contribution in [-0.2, 0) is 21.2 Å². The van der Waals surface area contributed by atoms with Gasteiger partial charge in [0, 0.05) is 13.0 Å². The molecule has 1 heterocycles. The quantitative estimate of drug-likeness (QED) is 0.615. The van der Waals surface area contributed by atoms with E-state index < -0.39 is 15.7 Å². The van der Waals surface area contributed by atoms with Gasteiger partial charge in [-0.15, -0.1) is 0 Å². The van der Waals surface area contributed by atoms with Gasteiger partial charge < -0.3 is 9.30 Å². The lowest BCUT2D eigenvalue weighted by Crippen LogP contribution is -2.17. The summed E-state index contributed by atoms with van der Waals surface area (Å²) >= 11 is 1.38. The van der Waals surface area contributed by atoms with Crippen LogP contribution in [-0.4, -0.2) is 31.8 Å². The first kappa shape index (κ1) is 20.3. The van der Waals surface area contributed by atoms with Crippen LogP contribution in [0.25, 0.3) is 10.2 Å². The van der Waals surface area contributed by atoms with Crippen LogP contribution in [0.5, 0.6) is 5.75 Å². The average Bonchev–Trinajstić information content (AvgIpc) is 3.02. The van der Waals surface area contributed by atoms with E-state index in [-0.39, 0.29) is 17.1 Å².